The van der Waals surface area contributed by atoms with E-state index < -0.39 is 0 Å². The van der Waals surface area contributed by atoms with Crippen LogP contribution in [0.3, 0.4) is 0 Å². The van der Waals surface area contributed by atoms with Gasteiger partial charge >= 0.3 is 0 Å². The zero-order valence-corrected chi connectivity index (χ0v) is 11.1. The van der Waals surface area contributed by atoms with Gasteiger partial charge in [0.2, 0.25) is 0 Å². The summed E-state index contributed by atoms with van der Waals surface area (Å²) in [4.78, 5) is 4.37. The van der Waals surface area contributed by atoms with E-state index in [-0.39, 0.29) is 5.54 Å². The molecule has 1 atom stereocenters. The molecule has 1 aromatic heterocycles. The molecule has 3 heteroatoms. The van der Waals surface area contributed by atoms with Crippen LogP contribution >= 0.6 is 0 Å². The van der Waals surface area contributed by atoms with Crippen molar-refractivity contribution >= 4 is 0 Å². The standard InChI is InChI=1S/C15H21N3/c1-3-15(16,11-13-7-5-4-6-8-13)12-14-17-9-10-18(14)2/h4-10H,3,11-12,16H2,1-2H3. The lowest BCUT2D eigenvalue weighted by atomic mass is 9.86. The molecule has 18 heavy (non-hydrogen) atoms. The fraction of sp³-hybridized carbons (Fsp3) is 0.400. The summed E-state index contributed by atoms with van der Waals surface area (Å²) in [6, 6.07) is 10.4. The third-order valence-electron chi connectivity index (χ3n) is 3.53. The number of nitrogens with two attached hydrogens (primary N) is 1. The highest BCUT2D eigenvalue weighted by molar-refractivity contribution is 5.18. The first kappa shape index (κ1) is 12.8. The van der Waals surface area contributed by atoms with Crippen LogP contribution in [0.4, 0.5) is 0 Å². The largest absolute Gasteiger partial charge is 0.338 e. The summed E-state index contributed by atoms with van der Waals surface area (Å²) in [6.07, 6.45) is 6.43. The molecule has 2 aromatic rings. The van der Waals surface area contributed by atoms with Crippen LogP contribution in [0.5, 0.6) is 0 Å². The molecule has 0 fully saturated rings. The van der Waals surface area contributed by atoms with E-state index in [1.54, 1.807) is 0 Å². The number of imidazole rings is 1. The molecule has 0 spiro atoms. The molecule has 0 bridgehead atoms. The summed E-state index contributed by atoms with van der Waals surface area (Å²) in [5.41, 5.74) is 7.60. The van der Waals surface area contributed by atoms with Crippen LogP contribution < -0.4 is 5.73 Å². The number of benzene rings is 1. The topological polar surface area (TPSA) is 43.8 Å². The van der Waals surface area contributed by atoms with Crippen LogP contribution in [0.15, 0.2) is 42.7 Å². The second kappa shape index (κ2) is 5.36. The van der Waals surface area contributed by atoms with Gasteiger partial charge in [0.15, 0.2) is 0 Å². The first-order chi connectivity index (χ1) is 8.63. The fourth-order valence-corrected chi connectivity index (χ4v) is 2.20. The van der Waals surface area contributed by atoms with E-state index >= 15 is 0 Å². The molecular weight excluding hydrogens is 222 g/mol. The van der Waals surface area contributed by atoms with Crippen molar-refractivity contribution in [3.8, 4) is 0 Å². The number of hydrogen-bond acceptors (Lipinski definition) is 2. The quantitative estimate of drug-likeness (QED) is 0.875. The van der Waals surface area contributed by atoms with Gasteiger partial charge in [0, 0.05) is 31.4 Å². The van der Waals surface area contributed by atoms with Crippen molar-refractivity contribution in [3.05, 3.63) is 54.1 Å². The zero-order chi connectivity index (χ0) is 13.0. The van der Waals surface area contributed by atoms with Crippen molar-refractivity contribution in [2.24, 2.45) is 12.8 Å². The summed E-state index contributed by atoms with van der Waals surface area (Å²) in [6.45, 7) is 2.14. The molecule has 1 aromatic carbocycles. The van der Waals surface area contributed by atoms with E-state index in [4.69, 9.17) is 5.73 Å². The molecular formula is C15H21N3. The van der Waals surface area contributed by atoms with Crippen LogP contribution in [0.25, 0.3) is 0 Å². The predicted octanol–water partition coefficient (Wildman–Crippen LogP) is 2.31. The molecule has 0 aliphatic carbocycles. The van der Waals surface area contributed by atoms with E-state index in [1.807, 2.05) is 30.1 Å². The summed E-state index contributed by atoms with van der Waals surface area (Å²) in [7, 11) is 2.01. The van der Waals surface area contributed by atoms with Crippen LogP contribution in [0.2, 0.25) is 0 Å². The number of rotatable bonds is 5. The van der Waals surface area contributed by atoms with Crippen molar-refractivity contribution in [2.75, 3.05) is 0 Å². The van der Waals surface area contributed by atoms with Gasteiger partial charge in [-0.25, -0.2) is 4.98 Å². The van der Waals surface area contributed by atoms with Gasteiger partial charge in [0.25, 0.3) is 0 Å². The maximum Gasteiger partial charge on any atom is 0.110 e. The summed E-state index contributed by atoms with van der Waals surface area (Å²) < 4.78 is 2.04. The Labute approximate surface area is 109 Å². The summed E-state index contributed by atoms with van der Waals surface area (Å²) in [5, 5.41) is 0. The Morgan fingerprint density at radius 2 is 1.94 bits per heavy atom. The van der Waals surface area contributed by atoms with Gasteiger partial charge in [-0.2, -0.15) is 0 Å². The molecule has 0 radical (unpaired) electrons. The molecule has 0 saturated heterocycles. The lowest BCUT2D eigenvalue weighted by Gasteiger charge is -2.28. The van der Waals surface area contributed by atoms with E-state index in [1.165, 1.54) is 5.56 Å². The Balaban J connectivity index is 2.13. The van der Waals surface area contributed by atoms with Crippen LogP contribution in [-0.4, -0.2) is 15.1 Å². The third-order valence-corrected chi connectivity index (χ3v) is 3.53. The predicted molar refractivity (Wildman–Crippen MR) is 74.3 cm³/mol. The highest BCUT2D eigenvalue weighted by Crippen LogP contribution is 2.19. The van der Waals surface area contributed by atoms with Crippen LogP contribution in [0.1, 0.15) is 24.7 Å². The zero-order valence-electron chi connectivity index (χ0n) is 11.1. The molecule has 2 N–H and O–H groups in total. The lowest BCUT2D eigenvalue weighted by Crippen LogP contribution is -2.44. The molecule has 2 rings (SSSR count). The smallest absolute Gasteiger partial charge is 0.110 e. The second-order valence-corrected chi connectivity index (χ2v) is 5.01. The summed E-state index contributed by atoms with van der Waals surface area (Å²) in [5.74, 6) is 1.05. The van der Waals surface area contributed by atoms with Gasteiger partial charge in [-0.3, -0.25) is 0 Å². The van der Waals surface area contributed by atoms with E-state index in [0.29, 0.717) is 0 Å². The highest BCUT2D eigenvalue weighted by Gasteiger charge is 2.25. The van der Waals surface area contributed by atoms with Crippen molar-refractivity contribution < 1.29 is 0 Å². The molecule has 0 saturated carbocycles. The lowest BCUT2D eigenvalue weighted by molar-refractivity contribution is 0.391. The Kier molecular flexibility index (Phi) is 3.82. The Morgan fingerprint density at radius 3 is 2.50 bits per heavy atom. The van der Waals surface area contributed by atoms with E-state index in [2.05, 4.69) is 36.2 Å². The Hall–Kier alpha value is -1.61. The van der Waals surface area contributed by atoms with Gasteiger partial charge in [-0.05, 0) is 18.4 Å². The monoisotopic (exact) mass is 243 g/mol. The number of aryl methyl sites for hydroxylation is 1. The summed E-state index contributed by atoms with van der Waals surface area (Å²) >= 11 is 0. The normalized spacial score (nSPS) is 14.4. The molecule has 0 aliphatic heterocycles. The van der Waals surface area contributed by atoms with E-state index in [9.17, 15) is 0 Å². The number of hydrogen-bond donors (Lipinski definition) is 1. The Morgan fingerprint density at radius 1 is 1.22 bits per heavy atom. The van der Waals surface area contributed by atoms with Gasteiger partial charge in [-0.1, -0.05) is 37.3 Å². The van der Waals surface area contributed by atoms with Crippen molar-refractivity contribution in [2.45, 2.75) is 31.7 Å². The highest BCUT2D eigenvalue weighted by atomic mass is 15.0. The first-order valence-corrected chi connectivity index (χ1v) is 6.42. The fourth-order valence-electron chi connectivity index (χ4n) is 2.20. The molecule has 3 nitrogen and oxygen atoms in total. The number of nitrogens with zero attached hydrogens (tertiary/aromatic N) is 2. The maximum atomic E-state index is 6.54. The van der Waals surface area contributed by atoms with Crippen molar-refractivity contribution in [1.82, 2.24) is 9.55 Å². The van der Waals surface area contributed by atoms with Crippen molar-refractivity contribution in [1.29, 1.82) is 0 Å². The molecule has 0 aliphatic rings. The minimum atomic E-state index is -0.222. The molecule has 1 heterocycles. The maximum absolute atomic E-state index is 6.54. The molecule has 96 valence electrons. The van der Waals surface area contributed by atoms with E-state index in [0.717, 1.165) is 25.1 Å². The van der Waals surface area contributed by atoms with Gasteiger partial charge in [-0.15, -0.1) is 0 Å². The van der Waals surface area contributed by atoms with Gasteiger partial charge in [0.05, 0.1) is 0 Å². The van der Waals surface area contributed by atoms with Crippen molar-refractivity contribution in [3.63, 3.8) is 0 Å². The number of aromatic nitrogens is 2. The SMILES string of the molecule is CCC(N)(Cc1ccccc1)Cc1nccn1C. The van der Waals surface area contributed by atoms with Gasteiger partial charge in [0.1, 0.15) is 5.82 Å². The molecule has 0 amide bonds. The minimum Gasteiger partial charge on any atom is -0.338 e. The van der Waals surface area contributed by atoms with Crippen LogP contribution in [-0.2, 0) is 19.9 Å². The first-order valence-electron chi connectivity index (χ1n) is 6.42. The van der Waals surface area contributed by atoms with Gasteiger partial charge < -0.3 is 10.3 Å². The second-order valence-electron chi connectivity index (χ2n) is 5.01. The Bertz CT molecular complexity index is 489. The average molecular weight is 243 g/mol. The third kappa shape index (κ3) is 2.99. The molecule has 1 unspecified atom stereocenters. The minimum absolute atomic E-state index is 0.222. The van der Waals surface area contributed by atoms with Crippen LogP contribution in [0, 0.1) is 0 Å². The average Bonchev–Trinajstić information content (AvgIpc) is 2.76.